The third-order valence-electron chi connectivity index (χ3n) is 1.20. The SMILES string of the molecule is Fc1ccc(C(Cl)Cl)cc1Br. The van der Waals surface area contributed by atoms with Crippen molar-refractivity contribution in [2.24, 2.45) is 0 Å². The smallest absolute Gasteiger partial charge is 0.137 e. The first-order valence-corrected chi connectivity index (χ1v) is 4.51. The van der Waals surface area contributed by atoms with Crippen LogP contribution in [0.1, 0.15) is 10.4 Å². The predicted molar refractivity (Wildman–Crippen MR) is 48.5 cm³/mol. The molecule has 0 N–H and O–H groups in total. The number of rotatable bonds is 1. The molecule has 0 radical (unpaired) electrons. The van der Waals surface area contributed by atoms with Crippen LogP contribution in [0.25, 0.3) is 0 Å². The second-order valence-electron chi connectivity index (χ2n) is 1.97. The van der Waals surface area contributed by atoms with Crippen molar-refractivity contribution in [2.45, 2.75) is 4.84 Å². The van der Waals surface area contributed by atoms with Crippen molar-refractivity contribution in [3.8, 4) is 0 Å². The van der Waals surface area contributed by atoms with Gasteiger partial charge in [0.15, 0.2) is 0 Å². The average Bonchev–Trinajstić information content (AvgIpc) is 1.94. The van der Waals surface area contributed by atoms with Gasteiger partial charge in [-0.15, -0.1) is 23.2 Å². The Morgan fingerprint density at radius 3 is 2.45 bits per heavy atom. The van der Waals surface area contributed by atoms with E-state index < -0.39 is 4.84 Å². The molecule has 0 aliphatic rings. The highest BCUT2D eigenvalue weighted by molar-refractivity contribution is 9.10. The van der Waals surface area contributed by atoms with Gasteiger partial charge in [-0.05, 0) is 33.6 Å². The molecule has 1 aromatic rings. The molecule has 0 aliphatic heterocycles. The molecule has 0 saturated heterocycles. The Balaban J connectivity index is 3.05. The van der Waals surface area contributed by atoms with E-state index >= 15 is 0 Å². The lowest BCUT2D eigenvalue weighted by atomic mass is 10.2. The van der Waals surface area contributed by atoms with Gasteiger partial charge in [0, 0.05) is 0 Å². The van der Waals surface area contributed by atoms with Crippen molar-refractivity contribution in [3.05, 3.63) is 34.1 Å². The van der Waals surface area contributed by atoms with E-state index in [1.165, 1.54) is 6.07 Å². The van der Waals surface area contributed by atoms with Gasteiger partial charge < -0.3 is 0 Å². The summed E-state index contributed by atoms with van der Waals surface area (Å²) in [6, 6.07) is 4.42. The minimum absolute atomic E-state index is 0.317. The van der Waals surface area contributed by atoms with E-state index in [-0.39, 0.29) is 5.82 Å². The molecular formula is C7H4BrCl2F. The molecular weight excluding hydrogens is 254 g/mol. The Bertz CT molecular complexity index is 263. The average molecular weight is 258 g/mol. The fourth-order valence-electron chi connectivity index (χ4n) is 0.648. The van der Waals surface area contributed by atoms with Gasteiger partial charge >= 0.3 is 0 Å². The fourth-order valence-corrected chi connectivity index (χ4v) is 1.32. The second-order valence-corrected chi connectivity index (χ2v) is 3.92. The van der Waals surface area contributed by atoms with Gasteiger partial charge in [0.1, 0.15) is 10.7 Å². The fraction of sp³-hybridized carbons (Fsp3) is 0.143. The molecule has 0 unspecified atom stereocenters. The van der Waals surface area contributed by atoms with Crippen molar-refractivity contribution in [1.29, 1.82) is 0 Å². The first kappa shape index (κ1) is 9.30. The van der Waals surface area contributed by atoms with E-state index in [0.29, 0.717) is 10.0 Å². The highest BCUT2D eigenvalue weighted by Crippen LogP contribution is 2.27. The van der Waals surface area contributed by atoms with Crippen molar-refractivity contribution < 1.29 is 4.39 Å². The largest absolute Gasteiger partial charge is 0.206 e. The maximum absolute atomic E-state index is 12.6. The quantitative estimate of drug-likeness (QED) is 0.666. The van der Waals surface area contributed by atoms with Crippen LogP contribution in [0.3, 0.4) is 0 Å². The molecule has 60 valence electrons. The Kier molecular flexibility index (Phi) is 3.16. The van der Waals surface area contributed by atoms with Crippen LogP contribution in [-0.2, 0) is 0 Å². The predicted octanol–water partition coefficient (Wildman–Crippen LogP) is 4.06. The zero-order valence-corrected chi connectivity index (χ0v) is 8.42. The third kappa shape index (κ3) is 2.32. The van der Waals surface area contributed by atoms with E-state index in [4.69, 9.17) is 23.2 Å². The molecule has 0 amide bonds. The molecule has 0 spiro atoms. The van der Waals surface area contributed by atoms with Crippen LogP contribution < -0.4 is 0 Å². The van der Waals surface area contributed by atoms with Crippen LogP contribution in [0.2, 0.25) is 0 Å². The molecule has 0 atom stereocenters. The maximum Gasteiger partial charge on any atom is 0.137 e. The maximum atomic E-state index is 12.6. The Morgan fingerprint density at radius 1 is 1.36 bits per heavy atom. The zero-order chi connectivity index (χ0) is 8.43. The lowest BCUT2D eigenvalue weighted by Crippen LogP contribution is -1.83. The minimum Gasteiger partial charge on any atom is -0.206 e. The lowest BCUT2D eigenvalue weighted by Gasteiger charge is -2.01. The summed E-state index contributed by atoms with van der Waals surface area (Å²) in [4.78, 5) is -0.605. The Labute approximate surface area is 82.4 Å². The molecule has 0 heterocycles. The van der Waals surface area contributed by atoms with Crippen LogP contribution in [0.15, 0.2) is 22.7 Å². The van der Waals surface area contributed by atoms with E-state index in [1.54, 1.807) is 12.1 Å². The van der Waals surface area contributed by atoms with Gasteiger partial charge in [0.05, 0.1) is 4.47 Å². The van der Waals surface area contributed by atoms with Gasteiger partial charge in [-0.2, -0.15) is 0 Å². The first-order chi connectivity index (χ1) is 5.11. The summed E-state index contributed by atoms with van der Waals surface area (Å²) in [5, 5.41) is 0. The molecule has 0 saturated carbocycles. The molecule has 0 aromatic heterocycles. The summed E-state index contributed by atoms with van der Waals surface area (Å²) in [6.07, 6.45) is 0. The van der Waals surface area contributed by atoms with Gasteiger partial charge in [0.25, 0.3) is 0 Å². The van der Waals surface area contributed by atoms with Crippen molar-refractivity contribution in [3.63, 3.8) is 0 Å². The lowest BCUT2D eigenvalue weighted by molar-refractivity contribution is 0.620. The van der Waals surface area contributed by atoms with Crippen molar-refractivity contribution >= 4 is 39.1 Å². The summed E-state index contributed by atoms with van der Waals surface area (Å²) >= 11 is 14.1. The summed E-state index contributed by atoms with van der Waals surface area (Å²) < 4.78 is 13.0. The van der Waals surface area contributed by atoms with Crippen LogP contribution >= 0.6 is 39.1 Å². The van der Waals surface area contributed by atoms with Gasteiger partial charge in [-0.25, -0.2) is 4.39 Å². The number of benzene rings is 1. The monoisotopic (exact) mass is 256 g/mol. The highest BCUT2D eigenvalue weighted by atomic mass is 79.9. The number of alkyl halides is 2. The van der Waals surface area contributed by atoms with Crippen molar-refractivity contribution in [1.82, 2.24) is 0 Å². The third-order valence-corrected chi connectivity index (χ3v) is 2.31. The topological polar surface area (TPSA) is 0 Å². The zero-order valence-electron chi connectivity index (χ0n) is 5.32. The normalized spacial score (nSPS) is 10.6. The molecule has 0 bridgehead atoms. The molecule has 11 heavy (non-hydrogen) atoms. The van der Waals surface area contributed by atoms with Gasteiger partial charge in [-0.1, -0.05) is 6.07 Å². The van der Waals surface area contributed by atoms with Crippen molar-refractivity contribution in [2.75, 3.05) is 0 Å². The minimum atomic E-state index is -0.605. The number of hydrogen-bond acceptors (Lipinski definition) is 0. The highest BCUT2D eigenvalue weighted by Gasteiger charge is 2.05. The molecule has 0 aliphatic carbocycles. The number of halogens is 4. The van der Waals surface area contributed by atoms with Gasteiger partial charge in [0.2, 0.25) is 0 Å². The summed E-state index contributed by atoms with van der Waals surface area (Å²) in [6.45, 7) is 0. The first-order valence-electron chi connectivity index (χ1n) is 2.84. The van der Waals surface area contributed by atoms with E-state index in [9.17, 15) is 4.39 Å². The second kappa shape index (κ2) is 3.74. The summed E-state index contributed by atoms with van der Waals surface area (Å²) in [5.41, 5.74) is 0.682. The molecule has 4 heteroatoms. The Morgan fingerprint density at radius 2 is 2.00 bits per heavy atom. The van der Waals surface area contributed by atoms with E-state index in [0.717, 1.165) is 0 Å². The molecule has 1 rings (SSSR count). The van der Waals surface area contributed by atoms with Crippen LogP contribution in [-0.4, -0.2) is 0 Å². The van der Waals surface area contributed by atoms with E-state index in [2.05, 4.69) is 15.9 Å². The van der Waals surface area contributed by atoms with Crippen LogP contribution in [0.5, 0.6) is 0 Å². The summed E-state index contributed by atoms with van der Waals surface area (Å²) in [5.74, 6) is -0.317. The standard InChI is InChI=1S/C7H4BrCl2F/c8-5-3-4(7(9)10)1-2-6(5)11/h1-3,7H. The molecule has 0 nitrogen and oxygen atoms in total. The van der Waals surface area contributed by atoms with E-state index in [1.807, 2.05) is 0 Å². The molecule has 0 fully saturated rings. The van der Waals surface area contributed by atoms with Crippen LogP contribution in [0, 0.1) is 5.82 Å². The summed E-state index contributed by atoms with van der Waals surface area (Å²) in [7, 11) is 0. The molecule has 1 aromatic carbocycles. The van der Waals surface area contributed by atoms with Gasteiger partial charge in [-0.3, -0.25) is 0 Å². The van der Waals surface area contributed by atoms with Crippen LogP contribution in [0.4, 0.5) is 4.39 Å². The Hall–Kier alpha value is 0.210. The number of hydrogen-bond donors (Lipinski definition) is 0.